The lowest BCUT2D eigenvalue weighted by Gasteiger charge is -2.06. The number of carbonyl (C=O) groups excluding carboxylic acids is 1. The first kappa shape index (κ1) is 17.1. The van der Waals surface area contributed by atoms with Gasteiger partial charge in [-0.15, -0.1) is 0 Å². The Morgan fingerprint density at radius 3 is 2.68 bits per heavy atom. The Hall–Kier alpha value is -1.25. The van der Waals surface area contributed by atoms with Gasteiger partial charge in [-0.25, -0.2) is 5.43 Å². The number of amides is 1. The molecule has 0 unspecified atom stereocenters. The van der Waals surface area contributed by atoms with Crippen LogP contribution in [0.1, 0.15) is 21.6 Å². The lowest BCUT2D eigenvalue weighted by Crippen LogP contribution is -2.17. The number of hydrazone groups is 1. The molecular weight excluding hydrogens is 482 g/mol. The highest BCUT2D eigenvalue weighted by atomic mass is 79.9. The first-order chi connectivity index (χ1) is 10.4. The van der Waals surface area contributed by atoms with E-state index in [1.54, 1.807) is 18.2 Å². The molecule has 2 rings (SSSR count). The summed E-state index contributed by atoms with van der Waals surface area (Å²) in [6.45, 7) is 1.84. The number of pyridine rings is 1. The molecule has 0 bridgehead atoms. The van der Waals surface area contributed by atoms with Crippen LogP contribution in [0.15, 0.2) is 42.9 Å². The van der Waals surface area contributed by atoms with Crippen molar-refractivity contribution in [1.82, 2.24) is 10.4 Å². The van der Waals surface area contributed by atoms with E-state index >= 15 is 0 Å². The number of phenols is 1. The molecule has 1 aromatic carbocycles. The van der Waals surface area contributed by atoms with Crippen molar-refractivity contribution in [1.29, 1.82) is 0 Å². The number of aromatic hydroxyl groups is 1. The van der Waals surface area contributed by atoms with Crippen LogP contribution in [0.2, 0.25) is 0 Å². The Morgan fingerprint density at radius 1 is 1.32 bits per heavy atom. The fraction of sp³-hybridized carbons (Fsp3) is 0.0714. The van der Waals surface area contributed by atoms with E-state index in [9.17, 15) is 9.90 Å². The van der Waals surface area contributed by atoms with E-state index in [1.165, 1.54) is 12.4 Å². The molecule has 0 atom stereocenters. The molecule has 1 amide bonds. The number of hydrogen-bond acceptors (Lipinski definition) is 4. The van der Waals surface area contributed by atoms with E-state index in [0.29, 0.717) is 24.5 Å². The van der Waals surface area contributed by atoms with Gasteiger partial charge in [-0.1, -0.05) is 15.9 Å². The number of nitrogens with zero attached hydrogens (tertiary/aromatic N) is 2. The van der Waals surface area contributed by atoms with E-state index in [1.807, 2.05) is 6.92 Å². The molecule has 0 radical (unpaired) electrons. The standard InChI is InChI=1S/C14H10Br3N3O2/c1-7-2-3-8(5-18-7)14(22)20-19-6-9-10(15)4-11(16)13(21)12(9)17/h2-6,21H,1H3,(H,20,22)/b19-6-. The summed E-state index contributed by atoms with van der Waals surface area (Å²) in [6.07, 6.45) is 2.91. The molecule has 0 saturated carbocycles. The van der Waals surface area contributed by atoms with Crippen LogP contribution >= 0.6 is 47.8 Å². The molecule has 0 saturated heterocycles. The Bertz CT molecular complexity index is 746. The number of benzene rings is 1. The largest absolute Gasteiger partial charge is 0.506 e. The van der Waals surface area contributed by atoms with Gasteiger partial charge < -0.3 is 5.11 Å². The van der Waals surface area contributed by atoms with E-state index in [0.717, 1.165) is 5.69 Å². The Kier molecular flexibility index (Phi) is 5.71. The second-order valence-electron chi connectivity index (χ2n) is 4.30. The molecule has 0 aliphatic carbocycles. The van der Waals surface area contributed by atoms with Crippen molar-refractivity contribution in [3.05, 3.63) is 54.6 Å². The van der Waals surface area contributed by atoms with Gasteiger partial charge >= 0.3 is 0 Å². The number of aromatic nitrogens is 1. The molecule has 8 heteroatoms. The molecule has 0 fully saturated rings. The monoisotopic (exact) mass is 489 g/mol. The molecule has 0 aliphatic rings. The van der Waals surface area contributed by atoms with Gasteiger partial charge in [0.1, 0.15) is 5.75 Å². The number of hydrogen-bond donors (Lipinski definition) is 2. The number of rotatable bonds is 3. The van der Waals surface area contributed by atoms with Gasteiger partial charge in [0.25, 0.3) is 5.91 Å². The van der Waals surface area contributed by atoms with Crippen LogP contribution in [0, 0.1) is 6.92 Å². The van der Waals surface area contributed by atoms with Gasteiger partial charge in [0.05, 0.1) is 20.7 Å². The molecule has 22 heavy (non-hydrogen) atoms. The zero-order valence-electron chi connectivity index (χ0n) is 11.3. The normalized spacial score (nSPS) is 10.9. The molecular formula is C14H10Br3N3O2. The second kappa shape index (κ2) is 7.34. The van der Waals surface area contributed by atoms with E-state index in [2.05, 4.69) is 63.3 Å². The lowest BCUT2D eigenvalue weighted by atomic mass is 10.2. The average molecular weight is 492 g/mol. The van der Waals surface area contributed by atoms with Gasteiger partial charge in [-0.2, -0.15) is 5.10 Å². The zero-order valence-corrected chi connectivity index (χ0v) is 16.0. The van der Waals surface area contributed by atoms with Gasteiger partial charge in [-0.05, 0) is 57.0 Å². The molecule has 2 aromatic rings. The van der Waals surface area contributed by atoms with Gasteiger partial charge in [0, 0.05) is 21.9 Å². The number of carbonyl (C=O) groups is 1. The van der Waals surface area contributed by atoms with Gasteiger partial charge in [0.15, 0.2) is 0 Å². The number of halogens is 3. The van der Waals surface area contributed by atoms with Crippen molar-refractivity contribution in [2.75, 3.05) is 0 Å². The molecule has 0 aliphatic heterocycles. The van der Waals surface area contributed by atoms with Crippen LogP contribution in [-0.4, -0.2) is 22.2 Å². The smallest absolute Gasteiger partial charge is 0.272 e. The summed E-state index contributed by atoms with van der Waals surface area (Å²) < 4.78 is 1.71. The maximum absolute atomic E-state index is 11.9. The van der Waals surface area contributed by atoms with Gasteiger partial charge in [-0.3, -0.25) is 9.78 Å². The summed E-state index contributed by atoms with van der Waals surface area (Å²) in [6, 6.07) is 5.11. The summed E-state index contributed by atoms with van der Waals surface area (Å²) in [7, 11) is 0. The third-order valence-electron chi connectivity index (χ3n) is 2.71. The molecule has 1 heterocycles. The van der Waals surface area contributed by atoms with Crippen LogP contribution in [0.25, 0.3) is 0 Å². The third-order valence-corrected chi connectivity index (χ3v) is 4.78. The molecule has 1 aromatic heterocycles. The molecule has 0 spiro atoms. The van der Waals surface area contributed by atoms with Crippen molar-refractivity contribution < 1.29 is 9.90 Å². The van der Waals surface area contributed by atoms with Crippen LogP contribution in [0.3, 0.4) is 0 Å². The first-order valence-corrected chi connectivity index (χ1v) is 8.40. The van der Waals surface area contributed by atoms with Crippen molar-refractivity contribution >= 4 is 59.9 Å². The highest BCUT2D eigenvalue weighted by molar-refractivity contribution is 9.11. The van der Waals surface area contributed by atoms with E-state index in [4.69, 9.17) is 0 Å². The lowest BCUT2D eigenvalue weighted by molar-refractivity contribution is 0.0955. The molecule has 114 valence electrons. The fourth-order valence-electron chi connectivity index (χ4n) is 1.54. The minimum atomic E-state index is -0.364. The SMILES string of the molecule is Cc1ccc(C(=O)N/N=C\c2c(Br)cc(Br)c(O)c2Br)cn1. The maximum atomic E-state index is 11.9. The Balaban J connectivity index is 2.15. The number of nitrogens with one attached hydrogen (secondary N) is 1. The van der Waals surface area contributed by atoms with Crippen LogP contribution in [0.5, 0.6) is 5.75 Å². The summed E-state index contributed by atoms with van der Waals surface area (Å²) in [5, 5.41) is 13.7. The van der Waals surface area contributed by atoms with Crippen LogP contribution in [-0.2, 0) is 0 Å². The molecule has 2 N–H and O–H groups in total. The Morgan fingerprint density at radius 2 is 2.05 bits per heavy atom. The average Bonchev–Trinajstić information content (AvgIpc) is 2.49. The zero-order chi connectivity index (χ0) is 16.3. The minimum absolute atomic E-state index is 0.0544. The summed E-state index contributed by atoms with van der Waals surface area (Å²) in [5.74, 6) is -0.309. The maximum Gasteiger partial charge on any atom is 0.272 e. The van der Waals surface area contributed by atoms with Gasteiger partial charge in [0.2, 0.25) is 0 Å². The van der Waals surface area contributed by atoms with E-state index in [-0.39, 0.29) is 11.7 Å². The van der Waals surface area contributed by atoms with Crippen molar-refractivity contribution in [2.24, 2.45) is 5.10 Å². The highest BCUT2D eigenvalue weighted by Gasteiger charge is 2.12. The predicted octanol–water partition coefficient (Wildman–Crippen LogP) is 4.15. The topological polar surface area (TPSA) is 74.6 Å². The highest BCUT2D eigenvalue weighted by Crippen LogP contribution is 2.38. The van der Waals surface area contributed by atoms with Crippen molar-refractivity contribution in [3.8, 4) is 5.75 Å². The molecule has 5 nitrogen and oxygen atoms in total. The predicted molar refractivity (Wildman–Crippen MR) is 95.2 cm³/mol. The second-order valence-corrected chi connectivity index (χ2v) is 6.81. The van der Waals surface area contributed by atoms with Crippen molar-refractivity contribution in [2.45, 2.75) is 6.92 Å². The Labute approximate surface area is 152 Å². The fourth-order valence-corrected chi connectivity index (χ4v) is 3.86. The number of phenolic OH excluding ortho intramolecular Hbond substituents is 1. The summed E-state index contributed by atoms with van der Waals surface area (Å²) in [5.41, 5.74) is 4.26. The van der Waals surface area contributed by atoms with Crippen LogP contribution < -0.4 is 5.43 Å². The minimum Gasteiger partial charge on any atom is -0.506 e. The first-order valence-electron chi connectivity index (χ1n) is 6.02. The quantitative estimate of drug-likeness (QED) is 0.500. The summed E-state index contributed by atoms with van der Waals surface area (Å²) in [4.78, 5) is 15.9. The third kappa shape index (κ3) is 3.93. The van der Waals surface area contributed by atoms with Crippen LogP contribution in [0.4, 0.5) is 0 Å². The van der Waals surface area contributed by atoms with E-state index < -0.39 is 0 Å². The number of aryl methyl sites for hydroxylation is 1. The summed E-state index contributed by atoms with van der Waals surface area (Å²) >= 11 is 9.87. The van der Waals surface area contributed by atoms with Crippen molar-refractivity contribution in [3.63, 3.8) is 0 Å².